The molecule has 0 aliphatic heterocycles. The summed E-state index contributed by atoms with van der Waals surface area (Å²) in [5, 5.41) is 3.30. The zero-order valence-electron chi connectivity index (χ0n) is 10.1. The molecule has 96 valence electrons. The summed E-state index contributed by atoms with van der Waals surface area (Å²) in [4.78, 5) is 1.40. The number of likely N-dealkylation sites (N-methyl/N-ethyl adjacent to an activating group) is 1. The number of hydrogen-bond acceptors (Lipinski definition) is 2. The minimum absolute atomic E-state index is 0.0535. The Labute approximate surface area is 95.2 Å². The van der Waals surface area contributed by atoms with Gasteiger partial charge in [0.05, 0.1) is 6.54 Å². The molecule has 1 aliphatic carbocycles. The van der Waals surface area contributed by atoms with Crippen molar-refractivity contribution in [1.82, 2.24) is 10.2 Å². The number of nitrogens with one attached hydrogen (secondary N) is 1. The third kappa shape index (κ3) is 5.16. The molecular weight excluding hydrogens is 217 g/mol. The quantitative estimate of drug-likeness (QED) is 0.763. The van der Waals surface area contributed by atoms with Gasteiger partial charge in [-0.15, -0.1) is 0 Å². The summed E-state index contributed by atoms with van der Waals surface area (Å²) in [5.41, 5.74) is 0. The average molecular weight is 238 g/mol. The van der Waals surface area contributed by atoms with Gasteiger partial charge in [0, 0.05) is 18.6 Å². The molecule has 1 aliphatic rings. The lowest BCUT2D eigenvalue weighted by molar-refractivity contribution is -0.148. The van der Waals surface area contributed by atoms with Crippen LogP contribution in [0.15, 0.2) is 0 Å². The van der Waals surface area contributed by atoms with Crippen LogP contribution in [0.5, 0.6) is 0 Å². The summed E-state index contributed by atoms with van der Waals surface area (Å²) < 4.78 is 36.8. The molecule has 0 spiro atoms. The van der Waals surface area contributed by atoms with E-state index in [-0.39, 0.29) is 12.0 Å². The molecule has 0 bridgehead atoms. The van der Waals surface area contributed by atoms with Gasteiger partial charge in [-0.1, -0.05) is 13.8 Å². The molecule has 16 heavy (non-hydrogen) atoms. The van der Waals surface area contributed by atoms with Gasteiger partial charge in [0.1, 0.15) is 0 Å². The Kier molecular flexibility index (Phi) is 4.62. The van der Waals surface area contributed by atoms with Crippen LogP contribution in [0, 0.1) is 5.92 Å². The van der Waals surface area contributed by atoms with Crippen LogP contribution in [-0.4, -0.2) is 43.3 Å². The maximum absolute atomic E-state index is 12.3. The molecule has 1 saturated carbocycles. The number of halogens is 3. The van der Waals surface area contributed by atoms with Crippen molar-refractivity contribution in [2.75, 3.05) is 20.1 Å². The van der Waals surface area contributed by atoms with Crippen LogP contribution in [0.1, 0.15) is 26.7 Å². The van der Waals surface area contributed by atoms with Crippen molar-refractivity contribution in [3.63, 3.8) is 0 Å². The van der Waals surface area contributed by atoms with Crippen LogP contribution in [-0.2, 0) is 0 Å². The first-order chi connectivity index (χ1) is 7.29. The van der Waals surface area contributed by atoms with Crippen molar-refractivity contribution in [1.29, 1.82) is 0 Å². The summed E-state index contributed by atoms with van der Waals surface area (Å²) in [6.07, 6.45) is -1.79. The summed E-state index contributed by atoms with van der Waals surface area (Å²) in [7, 11) is 1.55. The highest BCUT2D eigenvalue weighted by molar-refractivity contribution is 4.85. The fourth-order valence-electron chi connectivity index (χ4n) is 1.88. The average Bonchev–Trinajstić information content (AvgIpc) is 2.83. The first-order valence-corrected chi connectivity index (χ1v) is 5.80. The third-order valence-electron chi connectivity index (χ3n) is 2.96. The molecule has 5 heteroatoms. The molecule has 1 N–H and O–H groups in total. The number of hydrogen-bond donors (Lipinski definition) is 1. The normalized spacial score (nSPS) is 19.5. The van der Waals surface area contributed by atoms with Crippen molar-refractivity contribution < 1.29 is 13.2 Å². The molecule has 0 aromatic heterocycles. The first-order valence-electron chi connectivity index (χ1n) is 5.80. The van der Waals surface area contributed by atoms with E-state index in [1.807, 2.05) is 13.8 Å². The maximum Gasteiger partial charge on any atom is 0.401 e. The standard InChI is InChI=1S/C11H21F3N2/c1-8(2)10(6-15-9-4-5-9)16(3)7-11(12,13)14/h8-10,15H,4-7H2,1-3H3. The highest BCUT2D eigenvalue weighted by Crippen LogP contribution is 2.21. The van der Waals surface area contributed by atoms with E-state index in [0.717, 1.165) is 12.8 Å². The molecule has 0 heterocycles. The highest BCUT2D eigenvalue weighted by Gasteiger charge is 2.33. The molecule has 1 fully saturated rings. The topological polar surface area (TPSA) is 15.3 Å². The van der Waals surface area contributed by atoms with E-state index in [9.17, 15) is 13.2 Å². The first kappa shape index (κ1) is 13.8. The highest BCUT2D eigenvalue weighted by atomic mass is 19.4. The third-order valence-corrected chi connectivity index (χ3v) is 2.96. The second-order valence-electron chi connectivity index (χ2n) is 5.02. The van der Waals surface area contributed by atoms with Crippen LogP contribution in [0.3, 0.4) is 0 Å². The summed E-state index contributed by atoms with van der Waals surface area (Å²) >= 11 is 0. The van der Waals surface area contributed by atoms with E-state index in [2.05, 4.69) is 5.32 Å². The Balaban J connectivity index is 2.40. The fourth-order valence-corrected chi connectivity index (χ4v) is 1.88. The largest absolute Gasteiger partial charge is 0.401 e. The molecule has 2 nitrogen and oxygen atoms in total. The molecule has 0 aromatic carbocycles. The second-order valence-corrected chi connectivity index (χ2v) is 5.02. The molecule has 1 rings (SSSR count). The van der Waals surface area contributed by atoms with Gasteiger partial charge in [-0.2, -0.15) is 13.2 Å². The summed E-state index contributed by atoms with van der Waals surface area (Å²) in [6, 6.07) is 0.489. The van der Waals surface area contributed by atoms with Gasteiger partial charge in [0.15, 0.2) is 0 Å². The van der Waals surface area contributed by atoms with Crippen molar-refractivity contribution in [2.45, 2.75) is 44.9 Å². The predicted octanol–water partition coefficient (Wildman–Crippen LogP) is 2.26. The Morgan fingerprint density at radius 1 is 1.31 bits per heavy atom. The van der Waals surface area contributed by atoms with Gasteiger partial charge >= 0.3 is 6.18 Å². The van der Waals surface area contributed by atoms with Gasteiger partial charge < -0.3 is 5.32 Å². The van der Waals surface area contributed by atoms with Crippen molar-refractivity contribution in [2.24, 2.45) is 5.92 Å². The second kappa shape index (κ2) is 5.36. The molecular formula is C11H21F3N2. The molecule has 0 radical (unpaired) electrons. The number of alkyl halides is 3. The molecule has 1 unspecified atom stereocenters. The van der Waals surface area contributed by atoms with Crippen molar-refractivity contribution >= 4 is 0 Å². The lowest BCUT2D eigenvalue weighted by Crippen LogP contribution is -2.47. The summed E-state index contributed by atoms with van der Waals surface area (Å²) in [6.45, 7) is 3.75. The van der Waals surface area contributed by atoms with Gasteiger partial charge in [-0.05, 0) is 25.8 Å². The molecule has 0 aromatic rings. The van der Waals surface area contributed by atoms with Gasteiger partial charge in [-0.3, -0.25) is 4.90 Å². The van der Waals surface area contributed by atoms with E-state index in [0.29, 0.717) is 12.6 Å². The lowest BCUT2D eigenvalue weighted by Gasteiger charge is -2.32. The van der Waals surface area contributed by atoms with E-state index in [4.69, 9.17) is 0 Å². The van der Waals surface area contributed by atoms with E-state index < -0.39 is 12.7 Å². The number of nitrogens with zero attached hydrogens (tertiary/aromatic N) is 1. The van der Waals surface area contributed by atoms with Crippen LogP contribution in [0.2, 0.25) is 0 Å². The molecule has 0 saturated heterocycles. The maximum atomic E-state index is 12.3. The van der Waals surface area contributed by atoms with Crippen LogP contribution in [0.4, 0.5) is 13.2 Å². The smallest absolute Gasteiger partial charge is 0.312 e. The zero-order chi connectivity index (χ0) is 12.3. The van der Waals surface area contributed by atoms with E-state index in [1.165, 1.54) is 4.90 Å². The van der Waals surface area contributed by atoms with Crippen molar-refractivity contribution in [3.8, 4) is 0 Å². The Morgan fingerprint density at radius 2 is 1.88 bits per heavy atom. The van der Waals surface area contributed by atoms with E-state index >= 15 is 0 Å². The van der Waals surface area contributed by atoms with E-state index in [1.54, 1.807) is 7.05 Å². The number of rotatable bonds is 6. The minimum atomic E-state index is -4.11. The zero-order valence-corrected chi connectivity index (χ0v) is 10.1. The Hall–Kier alpha value is -0.290. The molecule has 1 atom stereocenters. The Bertz CT molecular complexity index is 212. The molecule has 0 amide bonds. The summed E-state index contributed by atoms with van der Waals surface area (Å²) in [5.74, 6) is 0.221. The monoisotopic (exact) mass is 238 g/mol. The van der Waals surface area contributed by atoms with Crippen LogP contribution < -0.4 is 5.32 Å². The van der Waals surface area contributed by atoms with Gasteiger partial charge in [0.25, 0.3) is 0 Å². The fraction of sp³-hybridized carbons (Fsp3) is 1.00. The van der Waals surface area contributed by atoms with Crippen LogP contribution >= 0.6 is 0 Å². The van der Waals surface area contributed by atoms with Gasteiger partial charge in [-0.25, -0.2) is 0 Å². The van der Waals surface area contributed by atoms with Gasteiger partial charge in [0.2, 0.25) is 0 Å². The van der Waals surface area contributed by atoms with Crippen LogP contribution in [0.25, 0.3) is 0 Å². The van der Waals surface area contributed by atoms with Crippen molar-refractivity contribution in [3.05, 3.63) is 0 Å². The Morgan fingerprint density at radius 3 is 2.25 bits per heavy atom. The predicted molar refractivity (Wildman–Crippen MR) is 58.3 cm³/mol. The SMILES string of the molecule is CC(C)C(CNC1CC1)N(C)CC(F)(F)F. The minimum Gasteiger partial charge on any atom is -0.312 e. The lowest BCUT2D eigenvalue weighted by atomic mass is 10.0.